The Morgan fingerprint density at radius 2 is 1.61 bits per heavy atom. The molecule has 0 bridgehead atoms. The first-order chi connectivity index (χ1) is 17.2. The number of aromatic amines is 1. The number of aromatic nitrogens is 1. The smallest absolute Gasteiger partial charge is 0.328 e. The molecule has 0 saturated heterocycles. The van der Waals surface area contributed by atoms with Crippen LogP contribution in [0.1, 0.15) is 24.8 Å². The van der Waals surface area contributed by atoms with E-state index < -0.39 is 54.5 Å². The number of fused-ring (bicyclic) bond motifs is 1. The number of carboxylic acid groups (broad SMARTS) is 1. The van der Waals surface area contributed by atoms with Crippen molar-refractivity contribution in [2.24, 2.45) is 11.5 Å². The summed E-state index contributed by atoms with van der Waals surface area (Å²) in [6.07, 6.45) is 3.08. The minimum absolute atomic E-state index is 0.0646. The minimum Gasteiger partial charge on any atom is -0.480 e. The third-order valence-electron chi connectivity index (χ3n) is 5.64. The van der Waals surface area contributed by atoms with Crippen LogP contribution >= 0.6 is 12.6 Å². The number of carbonyl (C=O) groups is 4. The highest BCUT2D eigenvalue weighted by Gasteiger charge is 2.30. The van der Waals surface area contributed by atoms with Crippen LogP contribution in [0.4, 0.5) is 0 Å². The maximum atomic E-state index is 13.3. The van der Waals surface area contributed by atoms with E-state index in [0.29, 0.717) is 19.4 Å². The second-order valence-electron chi connectivity index (χ2n) is 8.34. The van der Waals surface area contributed by atoms with Crippen molar-refractivity contribution < 1.29 is 29.4 Å². The number of rotatable bonds is 15. The van der Waals surface area contributed by atoms with Crippen LogP contribution < -0.4 is 27.4 Å². The number of H-pyrrole nitrogens is 1. The summed E-state index contributed by atoms with van der Waals surface area (Å²) in [6.45, 7) is -0.442. The molecule has 3 amide bonds. The first-order valence-corrected chi connectivity index (χ1v) is 12.2. The fraction of sp³-hybridized carbons (Fsp3) is 0.478. The van der Waals surface area contributed by atoms with Gasteiger partial charge in [0.2, 0.25) is 17.7 Å². The highest BCUT2D eigenvalue weighted by molar-refractivity contribution is 7.80. The molecule has 1 heterocycles. The molecule has 0 aliphatic heterocycles. The number of aliphatic hydroxyl groups excluding tert-OH is 1. The Kier molecular flexibility index (Phi) is 11.7. The van der Waals surface area contributed by atoms with Crippen molar-refractivity contribution in [3.63, 3.8) is 0 Å². The van der Waals surface area contributed by atoms with Crippen LogP contribution in [0.5, 0.6) is 0 Å². The van der Waals surface area contributed by atoms with Crippen LogP contribution in [0.25, 0.3) is 10.9 Å². The first kappa shape index (κ1) is 29.1. The van der Waals surface area contributed by atoms with Crippen LogP contribution in [0.3, 0.4) is 0 Å². The summed E-state index contributed by atoms with van der Waals surface area (Å²) in [6, 6.07) is 2.79. The average molecular weight is 523 g/mol. The lowest BCUT2D eigenvalue weighted by Gasteiger charge is -2.25. The molecule has 0 saturated carbocycles. The zero-order chi connectivity index (χ0) is 26.7. The van der Waals surface area contributed by atoms with Crippen LogP contribution in [0.2, 0.25) is 0 Å². The van der Waals surface area contributed by atoms with E-state index in [9.17, 15) is 24.3 Å². The van der Waals surface area contributed by atoms with E-state index in [1.807, 2.05) is 24.3 Å². The number of nitrogens with two attached hydrogens (primary N) is 2. The number of thiol groups is 1. The maximum Gasteiger partial charge on any atom is 0.328 e. The monoisotopic (exact) mass is 522 g/mol. The Labute approximate surface area is 214 Å². The molecule has 2 aromatic rings. The summed E-state index contributed by atoms with van der Waals surface area (Å²) in [4.78, 5) is 53.0. The molecule has 13 heteroatoms. The molecule has 4 atom stereocenters. The van der Waals surface area contributed by atoms with Crippen molar-refractivity contribution in [3.8, 4) is 0 Å². The van der Waals surface area contributed by atoms with Crippen molar-refractivity contribution in [1.29, 1.82) is 0 Å². The van der Waals surface area contributed by atoms with E-state index in [4.69, 9.17) is 16.6 Å². The summed E-state index contributed by atoms with van der Waals surface area (Å²) in [5.74, 6) is -3.35. The number of carboxylic acids is 1. The Morgan fingerprint density at radius 3 is 2.25 bits per heavy atom. The first-order valence-electron chi connectivity index (χ1n) is 11.6. The van der Waals surface area contributed by atoms with Gasteiger partial charge in [0, 0.05) is 29.3 Å². The lowest BCUT2D eigenvalue weighted by atomic mass is 10.0. The number of aliphatic hydroxyl groups is 1. The predicted molar refractivity (Wildman–Crippen MR) is 137 cm³/mol. The molecule has 198 valence electrons. The van der Waals surface area contributed by atoms with Crippen molar-refractivity contribution >= 4 is 47.2 Å². The standard InChI is InChI=1S/C23H34N6O6S/c24-8-4-3-7-17(21(32)29-19(11-30)23(34)35)27-22(33)18(28-20(31)15(25)12-36)9-13-10-26-16-6-2-1-5-14(13)16/h1-2,5-6,10,15,17-19,26,30,36H,3-4,7-9,11-12,24-25H2,(H,27,33)(H,28,31)(H,29,32)(H,34,35). The number of amides is 3. The summed E-state index contributed by atoms with van der Waals surface area (Å²) in [7, 11) is 0. The third-order valence-corrected chi connectivity index (χ3v) is 6.04. The highest BCUT2D eigenvalue weighted by Crippen LogP contribution is 2.19. The zero-order valence-corrected chi connectivity index (χ0v) is 20.7. The van der Waals surface area contributed by atoms with Gasteiger partial charge in [0.05, 0.1) is 12.6 Å². The predicted octanol–water partition coefficient (Wildman–Crippen LogP) is -1.37. The van der Waals surface area contributed by atoms with Gasteiger partial charge in [-0.3, -0.25) is 14.4 Å². The third kappa shape index (κ3) is 8.22. The van der Waals surface area contributed by atoms with Gasteiger partial charge in [-0.05, 0) is 37.4 Å². The molecule has 0 radical (unpaired) electrons. The SMILES string of the molecule is NCCCCC(NC(=O)C(Cc1c[nH]c2ccccc12)NC(=O)C(N)CS)C(=O)NC(CO)C(=O)O. The molecule has 10 N–H and O–H groups in total. The Balaban J connectivity index is 2.26. The topological polar surface area (TPSA) is 213 Å². The number of unbranched alkanes of at least 4 members (excludes halogenated alkanes) is 1. The molecule has 0 aliphatic carbocycles. The van der Waals surface area contributed by atoms with Crippen molar-refractivity contribution in [1.82, 2.24) is 20.9 Å². The Hall–Kier alpha value is -3.13. The lowest BCUT2D eigenvalue weighted by Crippen LogP contribution is -2.58. The second-order valence-corrected chi connectivity index (χ2v) is 8.71. The lowest BCUT2D eigenvalue weighted by molar-refractivity contribution is -0.143. The molecule has 0 aliphatic rings. The summed E-state index contributed by atoms with van der Waals surface area (Å²) < 4.78 is 0. The van der Waals surface area contributed by atoms with Gasteiger partial charge in [0.1, 0.15) is 18.1 Å². The van der Waals surface area contributed by atoms with E-state index in [1.165, 1.54) is 0 Å². The molecule has 2 rings (SSSR count). The van der Waals surface area contributed by atoms with Crippen LogP contribution in [-0.2, 0) is 25.6 Å². The normalized spacial score (nSPS) is 14.4. The molecule has 0 fully saturated rings. The van der Waals surface area contributed by atoms with Gasteiger partial charge in [-0.2, -0.15) is 12.6 Å². The van der Waals surface area contributed by atoms with Gasteiger partial charge in [0.15, 0.2) is 0 Å². The van der Waals surface area contributed by atoms with Crippen molar-refractivity contribution in [2.45, 2.75) is 49.9 Å². The minimum atomic E-state index is -1.53. The number of carbonyl (C=O) groups excluding carboxylic acids is 3. The molecular formula is C23H34N6O6S. The molecule has 0 spiro atoms. The highest BCUT2D eigenvalue weighted by atomic mass is 32.1. The Morgan fingerprint density at radius 1 is 0.972 bits per heavy atom. The fourth-order valence-corrected chi connectivity index (χ4v) is 3.75. The van der Waals surface area contributed by atoms with E-state index in [0.717, 1.165) is 16.5 Å². The summed E-state index contributed by atoms with van der Waals surface area (Å²) >= 11 is 4.03. The van der Waals surface area contributed by atoms with Gasteiger partial charge < -0.3 is 42.6 Å². The van der Waals surface area contributed by atoms with Crippen molar-refractivity contribution in [2.75, 3.05) is 18.9 Å². The maximum absolute atomic E-state index is 13.3. The van der Waals surface area contributed by atoms with E-state index in [2.05, 4.69) is 33.6 Å². The average Bonchev–Trinajstić information content (AvgIpc) is 3.28. The zero-order valence-electron chi connectivity index (χ0n) is 19.8. The van der Waals surface area contributed by atoms with Crippen LogP contribution in [0, 0.1) is 0 Å². The quantitative estimate of drug-likeness (QED) is 0.100. The molecule has 1 aromatic carbocycles. The number of para-hydroxylation sites is 1. The number of benzene rings is 1. The Bertz CT molecular complexity index is 1050. The van der Waals surface area contributed by atoms with E-state index in [1.54, 1.807) is 6.20 Å². The van der Waals surface area contributed by atoms with Gasteiger partial charge in [-0.1, -0.05) is 18.2 Å². The fourth-order valence-electron chi connectivity index (χ4n) is 3.58. The van der Waals surface area contributed by atoms with Gasteiger partial charge in [0.25, 0.3) is 0 Å². The largest absolute Gasteiger partial charge is 0.480 e. The van der Waals surface area contributed by atoms with Gasteiger partial charge in [-0.15, -0.1) is 0 Å². The molecule has 36 heavy (non-hydrogen) atoms. The van der Waals surface area contributed by atoms with Gasteiger partial charge in [-0.25, -0.2) is 4.79 Å². The summed E-state index contributed by atoms with van der Waals surface area (Å²) in [5, 5.41) is 26.7. The van der Waals surface area contributed by atoms with Gasteiger partial charge >= 0.3 is 5.97 Å². The van der Waals surface area contributed by atoms with E-state index in [-0.39, 0.29) is 18.6 Å². The molecule has 1 aromatic heterocycles. The number of aliphatic carboxylic acids is 1. The number of nitrogens with one attached hydrogen (secondary N) is 4. The van der Waals surface area contributed by atoms with Crippen molar-refractivity contribution in [3.05, 3.63) is 36.0 Å². The number of hydrogen-bond donors (Lipinski definition) is 9. The van der Waals surface area contributed by atoms with Crippen LogP contribution in [-0.4, -0.2) is 82.0 Å². The summed E-state index contributed by atoms with van der Waals surface area (Å²) in [5.41, 5.74) is 12.9. The molecule has 12 nitrogen and oxygen atoms in total. The number of hydrogen-bond acceptors (Lipinski definition) is 8. The van der Waals surface area contributed by atoms with E-state index >= 15 is 0 Å². The molecular weight excluding hydrogens is 488 g/mol. The van der Waals surface area contributed by atoms with Crippen LogP contribution in [0.15, 0.2) is 30.5 Å². The molecule has 4 unspecified atom stereocenters. The second kappa shape index (κ2) is 14.4.